The van der Waals surface area contributed by atoms with Crippen LogP contribution in [0.5, 0.6) is 0 Å². The maximum Gasteiger partial charge on any atom is 0.0613 e. The maximum absolute atomic E-state index is 9.70. The van der Waals surface area contributed by atoms with Crippen LogP contribution in [0.1, 0.15) is 44.1 Å². The van der Waals surface area contributed by atoms with E-state index in [9.17, 15) is 5.11 Å². The molecule has 0 spiro atoms. The van der Waals surface area contributed by atoms with Crippen molar-refractivity contribution in [1.82, 2.24) is 5.32 Å². The topological polar surface area (TPSA) is 35.5 Å². The van der Waals surface area contributed by atoms with Gasteiger partial charge in [-0.1, -0.05) is 31.0 Å². The third kappa shape index (κ3) is 2.84. The van der Waals surface area contributed by atoms with E-state index in [4.69, 9.17) is 0 Å². The molecule has 1 aliphatic heterocycles. The highest BCUT2D eigenvalue weighted by Gasteiger charge is 2.32. The number of para-hydroxylation sites is 1. The molecule has 0 bridgehead atoms. The van der Waals surface area contributed by atoms with Crippen LogP contribution in [0.2, 0.25) is 0 Å². The predicted molar refractivity (Wildman–Crippen MR) is 83.0 cm³/mol. The number of nitrogens with zero attached hydrogens (tertiary/aromatic N) is 1. The molecule has 0 amide bonds. The van der Waals surface area contributed by atoms with E-state index in [2.05, 4.69) is 34.5 Å². The molecule has 0 unspecified atom stereocenters. The number of nitrogens with one attached hydrogen (secondary N) is 1. The fourth-order valence-corrected chi connectivity index (χ4v) is 3.65. The van der Waals surface area contributed by atoms with Crippen LogP contribution >= 0.6 is 0 Å². The summed E-state index contributed by atoms with van der Waals surface area (Å²) in [7, 11) is 0. The van der Waals surface area contributed by atoms with Gasteiger partial charge in [-0.25, -0.2) is 0 Å². The molecule has 3 heteroatoms. The second-order valence-corrected chi connectivity index (χ2v) is 6.32. The summed E-state index contributed by atoms with van der Waals surface area (Å²) in [6, 6.07) is 8.72. The monoisotopic (exact) mass is 274 g/mol. The fraction of sp³-hybridized carbons (Fsp3) is 0.647. The average Bonchev–Trinajstić information content (AvgIpc) is 3.18. The summed E-state index contributed by atoms with van der Waals surface area (Å²) in [6.45, 7) is 3.50. The van der Waals surface area contributed by atoms with E-state index in [-0.39, 0.29) is 12.1 Å². The predicted octanol–water partition coefficient (Wildman–Crippen LogP) is 2.68. The summed E-state index contributed by atoms with van der Waals surface area (Å²) >= 11 is 0. The van der Waals surface area contributed by atoms with E-state index in [0.29, 0.717) is 0 Å². The first kappa shape index (κ1) is 13.9. The molecule has 20 heavy (non-hydrogen) atoms. The minimum atomic E-state index is -0.0296. The van der Waals surface area contributed by atoms with E-state index in [1.807, 2.05) is 0 Å². The molecule has 1 aliphatic carbocycles. The Kier molecular flexibility index (Phi) is 4.27. The van der Waals surface area contributed by atoms with Gasteiger partial charge in [0.05, 0.1) is 6.61 Å². The van der Waals surface area contributed by atoms with Crippen molar-refractivity contribution < 1.29 is 5.11 Å². The van der Waals surface area contributed by atoms with Crippen molar-refractivity contribution in [2.45, 2.75) is 50.6 Å². The van der Waals surface area contributed by atoms with Crippen molar-refractivity contribution >= 4 is 5.69 Å². The maximum atomic E-state index is 9.70. The van der Waals surface area contributed by atoms with Gasteiger partial charge in [0.15, 0.2) is 0 Å². The molecule has 110 valence electrons. The first-order chi connectivity index (χ1) is 9.83. The summed E-state index contributed by atoms with van der Waals surface area (Å²) in [5.41, 5.74) is 2.72. The summed E-state index contributed by atoms with van der Waals surface area (Å²) < 4.78 is 0. The molecule has 1 aromatic rings. The second-order valence-electron chi connectivity index (χ2n) is 6.32. The smallest absolute Gasteiger partial charge is 0.0613 e. The lowest BCUT2D eigenvalue weighted by atomic mass is 9.98. The number of anilines is 1. The number of aliphatic hydroxyl groups excluding tert-OH is 1. The highest BCUT2D eigenvalue weighted by atomic mass is 16.3. The summed E-state index contributed by atoms with van der Waals surface area (Å²) in [5, 5.41) is 13.4. The second kappa shape index (κ2) is 6.15. The molecular weight excluding hydrogens is 248 g/mol. The van der Waals surface area contributed by atoms with Gasteiger partial charge >= 0.3 is 0 Å². The van der Waals surface area contributed by atoms with Gasteiger partial charge < -0.3 is 15.3 Å². The lowest BCUT2D eigenvalue weighted by molar-refractivity contribution is 0.163. The number of hydrogen-bond acceptors (Lipinski definition) is 3. The Morgan fingerprint density at radius 3 is 2.45 bits per heavy atom. The lowest BCUT2D eigenvalue weighted by Crippen LogP contribution is -2.45. The third-order valence-corrected chi connectivity index (χ3v) is 4.96. The Morgan fingerprint density at radius 2 is 1.75 bits per heavy atom. The molecule has 3 rings (SSSR count). The molecular formula is C17H26N2O. The molecule has 2 aliphatic rings. The van der Waals surface area contributed by atoms with Crippen LogP contribution in [0.15, 0.2) is 24.3 Å². The molecule has 1 aromatic carbocycles. The van der Waals surface area contributed by atoms with E-state index < -0.39 is 0 Å². The van der Waals surface area contributed by atoms with Crippen molar-refractivity contribution in [3.05, 3.63) is 29.8 Å². The van der Waals surface area contributed by atoms with E-state index in [0.717, 1.165) is 19.4 Å². The standard InChI is InChI=1S/C17H26N2O/c20-14-17(9-3-4-10-17)18-13-15-7-1-2-8-16(15)19-11-5-6-12-19/h1-2,7-8,18,20H,3-6,9-14H2. The molecule has 2 N–H and O–H groups in total. The molecule has 1 saturated carbocycles. The largest absolute Gasteiger partial charge is 0.394 e. The Labute approximate surface area is 122 Å². The first-order valence-electron chi connectivity index (χ1n) is 8.02. The normalized spacial score (nSPS) is 21.6. The van der Waals surface area contributed by atoms with Gasteiger partial charge in [0.1, 0.15) is 0 Å². The fourth-order valence-electron chi connectivity index (χ4n) is 3.65. The molecule has 1 heterocycles. The van der Waals surface area contributed by atoms with Crippen LogP contribution in [0, 0.1) is 0 Å². The number of hydrogen-bond donors (Lipinski definition) is 2. The SMILES string of the molecule is OCC1(NCc2ccccc2N2CCCC2)CCCC1. The van der Waals surface area contributed by atoms with Crippen LogP contribution in [0.3, 0.4) is 0 Å². The summed E-state index contributed by atoms with van der Waals surface area (Å²) in [5.74, 6) is 0. The number of rotatable bonds is 5. The zero-order chi connectivity index (χ0) is 13.8. The Morgan fingerprint density at radius 1 is 1.05 bits per heavy atom. The Bertz CT molecular complexity index is 434. The highest BCUT2D eigenvalue weighted by Crippen LogP contribution is 2.31. The first-order valence-corrected chi connectivity index (χ1v) is 8.02. The van der Waals surface area contributed by atoms with Crippen molar-refractivity contribution in [3.63, 3.8) is 0 Å². The van der Waals surface area contributed by atoms with Gasteiger partial charge in [-0.3, -0.25) is 0 Å². The minimum Gasteiger partial charge on any atom is -0.394 e. The number of benzene rings is 1. The van der Waals surface area contributed by atoms with Gasteiger partial charge in [-0.15, -0.1) is 0 Å². The molecule has 2 fully saturated rings. The lowest BCUT2D eigenvalue weighted by Gasteiger charge is -2.29. The van der Waals surface area contributed by atoms with Crippen molar-refractivity contribution in [1.29, 1.82) is 0 Å². The van der Waals surface area contributed by atoms with Crippen LogP contribution in [-0.2, 0) is 6.54 Å². The van der Waals surface area contributed by atoms with Crippen LogP contribution in [0.4, 0.5) is 5.69 Å². The van der Waals surface area contributed by atoms with Gasteiger partial charge in [-0.05, 0) is 37.3 Å². The van der Waals surface area contributed by atoms with Crippen LogP contribution in [0.25, 0.3) is 0 Å². The Balaban J connectivity index is 1.70. The van der Waals surface area contributed by atoms with E-state index >= 15 is 0 Å². The van der Waals surface area contributed by atoms with Gasteiger partial charge in [0.25, 0.3) is 0 Å². The van der Waals surface area contributed by atoms with Crippen molar-refractivity contribution in [3.8, 4) is 0 Å². The van der Waals surface area contributed by atoms with Crippen molar-refractivity contribution in [2.75, 3.05) is 24.6 Å². The van der Waals surface area contributed by atoms with Crippen LogP contribution in [-0.4, -0.2) is 30.3 Å². The van der Waals surface area contributed by atoms with E-state index in [1.54, 1.807) is 0 Å². The highest BCUT2D eigenvalue weighted by molar-refractivity contribution is 5.54. The zero-order valence-electron chi connectivity index (χ0n) is 12.3. The molecule has 3 nitrogen and oxygen atoms in total. The van der Waals surface area contributed by atoms with Crippen LogP contribution < -0.4 is 10.2 Å². The molecule has 0 radical (unpaired) electrons. The molecule has 0 aromatic heterocycles. The quantitative estimate of drug-likeness (QED) is 0.866. The third-order valence-electron chi connectivity index (χ3n) is 4.96. The van der Waals surface area contributed by atoms with E-state index in [1.165, 1.54) is 50.0 Å². The summed E-state index contributed by atoms with van der Waals surface area (Å²) in [4.78, 5) is 2.50. The molecule has 1 saturated heterocycles. The molecule has 0 atom stereocenters. The summed E-state index contributed by atoms with van der Waals surface area (Å²) in [6.07, 6.45) is 7.30. The average molecular weight is 274 g/mol. The number of aliphatic hydroxyl groups is 1. The van der Waals surface area contributed by atoms with Gasteiger partial charge in [0, 0.05) is 30.9 Å². The van der Waals surface area contributed by atoms with Crippen molar-refractivity contribution in [2.24, 2.45) is 0 Å². The zero-order valence-corrected chi connectivity index (χ0v) is 12.3. The van der Waals surface area contributed by atoms with Gasteiger partial charge in [-0.2, -0.15) is 0 Å². The minimum absolute atomic E-state index is 0.0296. The Hall–Kier alpha value is -1.06. The van der Waals surface area contributed by atoms with Gasteiger partial charge in [0.2, 0.25) is 0 Å².